The van der Waals surface area contributed by atoms with Crippen LogP contribution in [-0.2, 0) is 0 Å². The van der Waals surface area contributed by atoms with E-state index in [0.717, 1.165) is 13.1 Å². The summed E-state index contributed by atoms with van der Waals surface area (Å²) in [6.45, 7) is 17.7. The molecule has 0 unspecified atom stereocenters. The zero-order valence-corrected chi connectivity index (χ0v) is 30.5. The van der Waals surface area contributed by atoms with Crippen LogP contribution in [0.1, 0.15) is 219 Å². The fourth-order valence-electron chi connectivity index (χ4n) is 7.09. The molecule has 256 valence electrons. The summed E-state index contributed by atoms with van der Waals surface area (Å²) in [5.74, 6) is 0. The van der Waals surface area contributed by atoms with Crippen molar-refractivity contribution in [3.8, 4) is 0 Å². The summed E-state index contributed by atoms with van der Waals surface area (Å²) in [7, 11) is 0. The Kier molecular flexibility index (Phi) is 35.4. The predicted molar refractivity (Wildman–Crippen MR) is 199 cm³/mol. The molecule has 0 rings (SSSR count). The molecule has 0 radical (unpaired) electrons. The first-order chi connectivity index (χ1) is 21.2. The SMILES string of the molecule is C=CC[N+](CC=C)(CCCCCCCCCCCCCCCCCC)CCCCCCCCCCCCCCCCCC. The van der Waals surface area contributed by atoms with Crippen LogP contribution in [0.3, 0.4) is 0 Å². The Balaban J connectivity index is 3.73. The number of rotatable bonds is 38. The van der Waals surface area contributed by atoms with Gasteiger partial charge in [-0.15, -0.1) is 0 Å². The third-order valence-electron chi connectivity index (χ3n) is 10.0. The highest BCUT2D eigenvalue weighted by molar-refractivity contribution is 4.72. The Hall–Kier alpha value is -0.560. The predicted octanol–water partition coefficient (Wildman–Crippen LogP) is 14.7. The van der Waals surface area contributed by atoms with Crippen LogP contribution in [-0.4, -0.2) is 30.7 Å². The molecule has 0 aliphatic rings. The highest BCUT2D eigenvalue weighted by Crippen LogP contribution is 2.18. The second kappa shape index (κ2) is 35.9. The first-order valence-corrected chi connectivity index (χ1v) is 20.3. The van der Waals surface area contributed by atoms with Crippen molar-refractivity contribution in [3.63, 3.8) is 0 Å². The van der Waals surface area contributed by atoms with Crippen LogP contribution >= 0.6 is 0 Å². The van der Waals surface area contributed by atoms with Crippen molar-refractivity contribution in [3.05, 3.63) is 25.3 Å². The third-order valence-corrected chi connectivity index (χ3v) is 10.0. The van der Waals surface area contributed by atoms with E-state index < -0.39 is 0 Å². The van der Waals surface area contributed by atoms with Crippen molar-refractivity contribution >= 4 is 0 Å². The third kappa shape index (κ3) is 31.2. The summed E-state index contributed by atoms with van der Waals surface area (Å²) < 4.78 is 1.20. The standard InChI is InChI=1S/C42H84N/c1-5-9-11-13-15-17-19-21-23-25-27-29-31-33-35-37-41-43(39-7-3,40-8-4)42-38-36-34-32-30-28-26-24-22-20-18-16-14-12-10-6-2/h7-8H,3-6,9-42H2,1-2H3/q+1. The number of nitrogens with zero attached hydrogens (tertiary/aromatic N) is 1. The molecule has 0 spiro atoms. The van der Waals surface area contributed by atoms with Crippen molar-refractivity contribution < 1.29 is 4.48 Å². The largest absolute Gasteiger partial charge is 0.317 e. The molecule has 0 aromatic carbocycles. The van der Waals surface area contributed by atoms with Gasteiger partial charge in [-0.05, 0) is 37.8 Å². The molecule has 1 nitrogen and oxygen atoms in total. The van der Waals surface area contributed by atoms with Crippen LogP contribution in [0.25, 0.3) is 0 Å². The lowest BCUT2D eigenvalue weighted by Crippen LogP contribution is -2.49. The van der Waals surface area contributed by atoms with Gasteiger partial charge in [0.15, 0.2) is 0 Å². The van der Waals surface area contributed by atoms with E-state index in [0.29, 0.717) is 0 Å². The Morgan fingerprint density at radius 2 is 0.488 bits per heavy atom. The molecule has 0 aliphatic heterocycles. The Morgan fingerprint density at radius 3 is 0.674 bits per heavy atom. The zero-order valence-electron chi connectivity index (χ0n) is 30.5. The maximum atomic E-state index is 4.13. The van der Waals surface area contributed by atoms with Gasteiger partial charge in [-0.25, -0.2) is 0 Å². The second-order valence-corrected chi connectivity index (χ2v) is 14.3. The highest BCUT2D eigenvalue weighted by atomic mass is 15.3. The quantitative estimate of drug-likeness (QED) is 0.0374. The van der Waals surface area contributed by atoms with Crippen LogP contribution in [0.15, 0.2) is 25.3 Å². The normalized spacial score (nSPS) is 11.8. The summed E-state index contributed by atoms with van der Waals surface area (Å²) >= 11 is 0. The van der Waals surface area contributed by atoms with Crippen molar-refractivity contribution in [2.75, 3.05) is 26.2 Å². The van der Waals surface area contributed by atoms with Crippen LogP contribution in [0.5, 0.6) is 0 Å². The van der Waals surface area contributed by atoms with E-state index in [-0.39, 0.29) is 0 Å². The van der Waals surface area contributed by atoms with Gasteiger partial charge in [0, 0.05) is 0 Å². The number of hydrogen-bond donors (Lipinski definition) is 0. The molecule has 0 N–H and O–H groups in total. The van der Waals surface area contributed by atoms with Crippen LogP contribution in [0.4, 0.5) is 0 Å². The molecule has 0 fully saturated rings. The monoisotopic (exact) mass is 603 g/mol. The van der Waals surface area contributed by atoms with Gasteiger partial charge in [-0.1, -0.05) is 207 Å². The maximum Gasteiger partial charge on any atom is 0.0973 e. The van der Waals surface area contributed by atoms with Crippen molar-refractivity contribution in [1.82, 2.24) is 0 Å². The van der Waals surface area contributed by atoms with Gasteiger partial charge in [0.05, 0.1) is 26.2 Å². The van der Waals surface area contributed by atoms with Crippen molar-refractivity contribution in [1.29, 1.82) is 0 Å². The Bertz CT molecular complexity index is 489. The molecular formula is C42H84N+. The van der Waals surface area contributed by atoms with E-state index in [9.17, 15) is 0 Å². The van der Waals surface area contributed by atoms with Gasteiger partial charge in [0.1, 0.15) is 0 Å². The molecule has 0 saturated heterocycles. The van der Waals surface area contributed by atoms with Gasteiger partial charge in [0.2, 0.25) is 0 Å². The number of unbranched alkanes of at least 4 members (excludes halogenated alkanes) is 30. The summed E-state index contributed by atoms with van der Waals surface area (Å²) in [4.78, 5) is 0. The molecule has 0 saturated carbocycles. The zero-order chi connectivity index (χ0) is 31.4. The lowest BCUT2D eigenvalue weighted by molar-refractivity contribution is -0.917. The molecule has 0 aliphatic carbocycles. The lowest BCUT2D eigenvalue weighted by Gasteiger charge is -2.37. The molecule has 1 heteroatoms. The molecular weight excluding hydrogens is 518 g/mol. The molecule has 0 amide bonds. The van der Waals surface area contributed by atoms with Crippen molar-refractivity contribution in [2.24, 2.45) is 0 Å². The molecule has 0 bridgehead atoms. The minimum Gasteiger partial charge on any atom is -0.317 e. The van der Waals surface area contributed by atoms with E-state index in [4.69, 9.17) is 0 Å². The van der Waals surface area contributed by atoms with Gasteiger partial charge in [-0.2, -0.15) is 0 Å². The first kappa shape index (κ1) is 42.4. The summed E-state index contributed by atoms with van der Waals surface area (Å²) in [6.07, 6.45) is 50.6. The topological polar surface area (TPSA) is 0 Å². The van der Waals surface area contributed by atoms with Crippen molar-refractivity contribution in [2.45, 2.75) is 219 Å². The summed E-state index contributed by atoms with van der Waals surface area (Å²) in [5.41, 5.74) is 0. The summed E-state index contributed by atoms with van der Waals surface area (Å²) in [6, 6.07) is 0. The average molecular weight is 603 g/mol. The fourth-order valence-corrected chi connectivity index (χ4v) is 7.09. The van der Waals surface area contributed by atoms with Gasteiger partial charge < -0.3 is 4.48 Å². The number of quaternary nitrogens is 1. The fraction of sp³-hybridized carbons (Fsp3) is 0.905. The first-order valence-electron chi connectivity index (χ1n) is 20.3. The van der Waals surface area contributed by atoms with Crippen LogP contribution in [0.2, 0.25) is 0 Å². The molecule has 0 aromatic rings. The average Bonchev–Trinajstić information content (AvgIpc) is 3.01. The number of hydrogen-bond acceptors (Lipinski definition) is 0. The van der Waals surface area contributed by atoms with Crippen LogP contribution in [0, 0.1) is 0 Å². The van der Waals surface area contributed by atoms with E-state index >= 15 is 0 Å². The van der Waals surface area contributed by atoms with Gasteiger partial charge >= 0.3 is 0 Å². The molecule has 0 aromatic heterocycles. The minimum absolute atomic E-state index is 1.11. The van der Waals surface area contributed by atoms with Gasteiger partial charge in [0.25, 0.3) is 0 Å². The molecule has 0 heterocycles. The van der Waals surface area contributed by atoms with E-state index in [1.807, 2.05) is 0 Å². The Morgan fingerprint density at radius 1 is 0.302 bits per heavy atom. The molecule has 0 atom stereocenters. The van der Waals surface area contributed by atoms with Crippen LogP contribution < -0.4 is 0 Å². The van der Waals surface area contributed by atoms with E-state index in [1.54, 1.807) is 0 Å². The second-order valence-electron chi connectivity index (χ2n) is 14.3. The lowest BCUT2D eigenvalue weighted by atomic mass is 10.0. The van der Waals surface area contributed by atoms with E-state index in [1.165, 1.54) is 223 Å². The smallest absolute Gasteiger partial charge is 0.0973 e. The Labute approximate surface area is 274 Å². The van der Waals surface area contributed by atoms with E-state index in [2.05, 4.69) is 39.2 Å². The van der Waals surface area contributed by atoms with Gasteiger partial charge in [-0.3, -0.25) is 0 Å². The maximum absolute atomic E-state index is 4.13. The summed E-state index contributed by atoms with van der Waals surface area (Å²) in [5, 5.41) is 0. The molecule has 43 heavy (non-hydrogen) atoms. The minimum atomic E-state index is 1.11. The highest BCUT2D eigenvalue weighted by Gasteiger charge is 2.23.